The summed E-state index contributed by atoms with van der Waals surface area (Å²) in [6.45, 7) is 6.33. The van der Waals surface area contributed by atoms with Crippen molar-refractivity contribution in [2.24, 2.45) is 0 Å². The lowest BCUT2D eigenvalue weighted by Crippen LogP contribution is -2.04. The molecule has 0 aliphatic heterocycles. The number of pyridine rings is 1. The van der Waals surface area contributed by atoms with Crippen LogP contribution in [0.4, 0.5) is 0 Å². The van der Waals surface area contributed by atoms with E-state index in [1.807, 2.05) is 16.8 Å². The smallest absolute Gasteiger partial charge is 0.166 e. The maximum Gasteiger partial charge on any atom is 0.166 e. The molecule has 102 valence electrons. The number of hydrogen-bond acceptors (Lipinski definition) is 4. The van der Waals surface area contributed by atoms with Crippen LogP contribution in [0.15, 0.2) is 24.7 Å². The largest absolute Gasteiger partial charge is 0.236 e. The molecule has 0 aromatic carbocycles. The van der Waals surface area contributed by atoms with Gasteiger partial charge in [-0.25, -0.2) is 19.6 Å². The van der Waals surface area contributed by atoms with Crippen molar-refractivity contribution in [1.29, 1.82) is 0 Å². The number of aryl methyl sites for hydroxylation is 1. The summed E-state index contributed by atoms with van der Waals surface area (Å²) < 4.78 is 1.91. The summed E-state index contributed by atoms with van der Waals surface area (Å²) in [4.78, 5) is 12.9. The second-order valence-corrected chi connectivity index (χ2v) is 4.88. The SMILES string of the molecule is CCCc1c(C)nn(-c2ncnc3ncccc23)c1C. The molecule has 3 aromatic rings. The number of rotatable bonds is 3. The quantitative estimate of drug-likeness (QED) is 0.732. The van der Waals surface area contributed by atoms with Gasteiger partial charge in [-0.3, -0.25) is 0 Å². The van der Waals surface area contributed by atoms with E-state index in [2.05, 4.69) is 40.8 Å². The number of nitrogens with zero attached hydrogens (tertiary/aromatic N) is 5. The summed E-state index contributed by atoms with van der Waals surface area (Å²) in [5.74, 6) is 0.797. The van der Waals surface area contributed by atoms with E-state index < -0.39 is 0 Å². The lowest BCUT2D eigenvalue weighted by Gasteiger charge is -2.06. The van der Waals surface area contributed by atoms with Gasteiger partial charge in [0.15, 0.2) is 11.5 Å². The summed E-state index contributed by atoms with van der Waals surface area (Å²) in [6.07, 6.45) is 5.43. The lowest BCUT2D eigenvalue weighted by atomic mass is 10.1. The summed E-state index contributed by atoms with van der Waals surface area (Å²) in [5.41, 5.74) is 4.22. The van der Waals surface area contributed by atoms with E-state index in [0.29, 0.717) is 5.65 Å². The highest BCUT2D eigenvalue weighted by Crippen LogP contribution is 2.22. The first kappa shape index (κ1) is 12.7. The predicted octanol–water partition coefficient (Wildman–Crippen LogP) is 2.78. The Morgan fingerprint density at radius 1 is 1.15 bits per heavy atom. The van der Waals surface area contributed by atoms with Crippen LogP contribution in [0.3, 0.4) is 0 Å². The molecular weight excluding hydrogens is 250 g/mol. The van der Waals surface area contributed by atoms with Gasteiger partial charge in [-0.15, -0.1) is 0 Å². The van der Waals surface area contributed by atoms with Crippen LogP contribution in [0, 0.1) is 13.8 Å². The van der Waals surface area contributed by atoms with Crippen molar-refractivity contribution in [3.8, 4) is 5.82 Å². The molecule has 0 fully saturated rings. The van der Waals surface area contributed by atoms with Gasteiger partial charge in [-0.05, 0) is 38.0 Å². The summed E-state index contributed by atoms with van der Waals surface area (Å²) in [7, 11) is 0. The molecule has 0 aliphatic carbocycles. The summed E-state index contributed by atoms with van der Waals surface area (Å²) >= 11 is 0. The van der Waals surface area contributed by atoms with Crippen LogP contribution in [-0.2, 0) is 6.42 Å². The monoisotopic (exact) mass is 267 g/mol. The average Bonchev–Trinajstić information content (AvgIpc) is 2.75. The topological polar surface area (TPSA) is 56.5 Å². The van der Waals surface area contributed by atoms with E-state index in [1.54, 1.807) is 12.5 Å². The molecule has 0 saturated heterocycles. The van der Waals surface area contributed by atoms with E-state index in [9.17, 15) is 0 Å². The van der Waals surface area contributed by atoms with Crippen molar-refractivity contribution in [3.63, 3.8) is 0 Å². The number of aromatic nitrogens is 5. The van der Waals surface area contributed by atoms with Crippen LogP contribution < -0.4 is 0 Å². The molecule has 0 radical (unpaired) electrons. The fraction of sp³-hybridized carbons (Fsp3) is 0.333. The minimum atomic E-state index is 0.696. The van der Waals surface area contributed by atoms with Crippen molar-refractivity contribution in [2.45, 2.75) is 33.6 Å². The van der Waals surface area contributed by atoms with Gasteiger partial charge in [0.1, 0.15) is 6.33 Å². The molecule has 0 atom stereocenters. The fourth-order valence-corrected chi connectivity index (χ4v) is 2.54. The van der Waals surface area contributed by atoms with Gasteiger partial charge in [0.05, 0.1) is 11.1 Å². The molecule has 0 amide bonds. The Bertz CT molecular complexity index is 755. The second-order valence-electron chi connectivity index (χ2n) is 4.88. The highest BCUT2D eigenvalue weighted by Gasteiger charge is 2.15. The normalized spacial score (nSPS) is 11.2. The van der Waals surface area contributed by atoms with E-state index in [-0.39, 0.29) is 0 Å². The Hall–Kier alpha value is -2.30. The third-order valence-corrected chi connectivity index (χ3v) is 3.53. The predicted molar refractivity (Wildman–Crippen MR) is 77.9 cm³/mol. The Labute approximate surface area is 117 Å². The zero-order valence-electron chi connectivity index (χ0n) is 12.0. The first-order valence-electron chi connectivity index (χ1n) is 6.83. The average molecular weight is 267 g/mol. The highest BCUT2D eigenvalue weighted by molar-refractivity contribution is 5.81. The molecular formula is C15H17N5. The molecule has 0 N–H and O–H groups in total. The minimum Gasteiger partial charge on any atom is -0.236 e. The van der Waals surface area contributed by atoms with E-state index in [1.165, 1.54) is 5.56 Å². The first-order chi connectivity index (χ1) is 9.72. The van der Waals surface area contributed by atoms with Gasteiger partial charge in [-0.1, -0.05) is 13.3 Å². The van der Waals surface area contributed by atoms with Gasteiger partial charge in [0.2, 0.25) is 0 Å². The van der Waals surface area contributed by atoms with Crippen molar-refractivity contribution in [3.05, 3.63) is 41.6 Å². The molecule has 20 heavy (non-hydrogen) atoms. The Kier molecular flexibility index (Phi) is 3.18. The molecule has 5 heteroatoms. The van der Waals surface area contributed by atoms with Gasteiger partial charge in [-0.2, -0.15) is 5.10 Å². The molecule has 0 aliphatic rings. The van der Waals surface area contributed by atoms with E-state index in [0.717, 1.165) is 35.4 Å². The first-order valence-corrected chi connectivity index (χ1v) is 6.83. The van der Waals surface area contributed by atoms with Gasteiger partial charge in [0.25, 0.3) is 0 Å². The van der Waals surface area contributed by atoms with Crippen molar-refractivity contribution in [2.75, 3.05) is 0 Å². The van der Waals surface area contributed by atoms with Crippen LogP contribution in [0.1, 0.15) is 30.3 Å². The molecule has 3 heterocycles. The maximum atomic E-state index is 4.65. The van der Waals surface area contributed by atoms with Crippen molar-refractivity contribution >= 4 is 11.0 Å². The van der Waals surface area contributed by atoms with E-state index in [4.69, 9.17) is 0 Å². The number of hydrogen-bond donors (Lipinski definition) is 0. The molecule has 0 bridgehead atoms. The van der Waals surface area contributed by atoms with Crippen LogP contribution in [0.25, 0.3) is 16.9 Å². The molecule has 3 aromatic heterocycles. The van der Waals surface area contributed by atoms with Gasteiger partial charge < -0.3 is 0 Å². The summed E-state index contributed by atoms with van der Waals surface area (Å²) in [5, 5.41) is 5.57. The van der Waals surface area contributed by atoms with Crippen molar-refractivity contribution < 1.29 is 0 Å². The maximum absolute atomic E-state index is 4.65. The van der Waals surface area contributed by atoms with Crippen LogP contribution in [-0.4, -0.2) is 24.7 Å². The third kappa shape index (κ3) is 1.95. The zero-order chi connectivity index (χ0) is 14.1. The molecule has 0 spiro atoms. The second kappa shape index (κ2) is 5.00. The molecule has 0 saturated carbocycles. The molecule has 3 rings (SSSR count). The zero-order valence-corrected chi connectivity index (χ0v) is 12.0. The Balaban J connectivity index is 2.24. The van der Waals surface area contributed by atoms with Crippen LogP contribution in [0.2, 0.25) is 0 Å². The minimum absolute atomic E-state index is 0.696. The lowest BCUT2D eigenvalue weighted by molar-refractivity contribution is 0.807. The van der Waals surface area contributed by atoms with Gasteiger partial charge >= 0.3 is 0 Å². The fourth-order valence-electron chi connectivity index (χ4n) is 2.54. The van der Waals surface area contributed by atoms with E-state index >= 15 is 0 Å². The molecule has 0 unspecified atom stereocenters. The summed E-state index contributed by atoms with van der Waals surface area (Å²) in [6, 6.07) is 3.88. The van der Waals surface area contributed by atoms with Crippen molar-refractivity contribution in [1.82, 2.24) is 24.7 Å². The Morgan fingerprint density at radius 2 is 2.00 bits per heavy atom. The standard InChI is InChI=1S/C15H17N5/c1-4-6-12-10(2)19-20(11(12)3)15-13-7-5-8-16-14(13)17-9-18-15/h5,7-9H,4,6H2,1-3H3. The Morgan fingerprint density at radius 3 is 2.80 bits per heavy atom. The third-order valence-electron chi connectivity index (χ3n) is 3.53. The number of fused-ring (bicyclic) bond motifs is 1. The van der Waals surface area contributed by atoms with Crippen LogP contribution in [0.5, 0.6) is 0 Å². The van der Waals surface area contributed by atoms with Gasteiger partial charge in [0, 0.05) is 11.9 Å². The highest BCUT2D eigenvalue weighted by atomic mass is 15.3. The van der Waals surface area contributed by atoms with Crippen LogP contribution >= 0.6 is 0 Å². The molecule has 5 nitrogen and oxygen atoms in total.